The zero-order chi connectivity index (χ0) is 23.2. The molecule has 0 radical (unpaired) electrons. The largest absolute Gasteiger partial charge is 0.393 e. The molecule has 1 aliphatic heterocycles. The van der Waals surface area contributed by atoms with Gasteiger partial charge in [-0.2, -0.15) is 8.42 Å². The SMILES string of the molecule is CCCCCCCCCCCCC[C@H]1C[C@@H](O)C[C@@H](COS(=O)(=O)c2ccc(C)cc2)O1. The molecule has 1 heterocycles. The molecule has 184 valence electrons. The maximum absolute atomic E-state index is 12.4. The van der Waals surface area contributed by atoms with Gasteiger partial charge in [0.15, 0.2) is 0 Å². The number of aryl methyl sites for hydroxylation is 1. The molecule has 1 saturated heterocycles. The van der Waals surface area contributed by atoms with Crippen LogP contribution in [0.25, 0.3) is 0 Å². The fourth-order valence-electron chi connectivity index (χ4n) is 4.35. The third-order valence-electron chi connectivity index (χ3n) is 6.30. The highest BCUT2D eigenvalue weighted by atomic mass is 32.2. The van der Waals surface area contributed by atoms with E-state index in [0.717, 1.165) is 18.4 Å². The van der Waals surface area contributed by atoms with E-state index in [2.05, 4.69) is 6.92 Å². The molecule has 1 N–H and O–H groups in total. The van der Waals surface area contributed by atoms with Crippen LogP contribution >= 0.6 is 0 Å². The fraction of sp³-hybridized carbons (Fsp3) is 0.769. The summed E-state index contributed by atoms with van der Waals surface area (Å²) in [6.07, 6.45) is 15.4. The van der Waals surface area contributed by atoms with Crippen molar-refractivity contribution < 1.29 is 22.4 Å². The number of hydrogen-bond acceptors (Lipinski definition) is 5. The maximum atomic E-state index is 12.4. The van der Waals surface area contributed by atoms with Crippen molar-refractivity contribution in [2.75, 3.05) is 6.61 Å². The van der Waals surface area contributed by atoms with E-state index in [1.54, 1.807) is 24.3 Å². The van der Waals surface area contributed by atoms with Crippen molar-refractivity contribution in [2.45, 2.75) is 127 Å². The summed E-state index contributed by atoms with van der Waals surface area (Å²) < 4.78 is 36.1. The summed E-state index contributed by atoms with van der Waals surface area (Å²) in [7, 11) is -3.81. The minimum absolute atomic E-state index is 0.0204. The van der Waals surface area contributed by atoms with Gasteiger partial charge >= 0.3 is 0 Å². The predicted octanol–water partition coefficient (Wildman–Crippen LogP) is 6.31. The number of rotatable bonds is 16. The Morgan fingerprint density at radius 1 is 0.875 bits per heavy atom. The Balaban J connectivity index is 1.60. The number of benzene rings is 1. The molecule has 32 heavy (non-hydrogen) atoms. The standard InChI is InChI=1S/C26H44O5S/c1-3-4-5-6-7-8-9-10-11-12-13-14-24-19-23(27)20-25(31-24)21-30-32(28,29)26-17-15-22(2)16-18-26/h15-18,23-25,27H,3-14,19-21H2,1-2H3/t23-,24+,25+/m1/s1. The van der Waals surface area contributed by atoms with Gasteiger partial charge in [0.1, 0.15) is 0 Å². The lowest BCUT2D eigenvalue weighted by Crippen LogP contribution is -2.38. The minimum atomic E-state index is -3.81. The molecule has 5 nitrogen and oxygen atoms in total. The number of hydrogen-bond donors (Lipinski definition) is 1. The van der Waals surface area contributed by atoms with Gasteiger partial charge in [-0.05, 0) is 31.9 Å². The Bertz CT molecular complexity index is 716. The van der Waals surface area contributed by atoms with Crippen LogP contribution in [0.3, 0.4) is 0 Å². The van der Waals surface area contributed by atoms with Crippen LogP contribution in [0.1, 0.15) is 102 Å². The van der Waals surface area contributed by atoms with Crippen LogP contribution in [0.4, 0.5) is 0 Å². The van der Waals surface area contributed by atoms with Crippen LogP contribution in [0.2, 0.25) is 0 Å². The zero-order valence-electron chi connectivity index (χ0n) is 20.1. The highest BCUT2D eigenvalue weighted by molar-refractivity contribution is 7.86. The first kappa shape index (κ1) is 27.3. The molecular weight excluding hydrogens is 424 g/mol. The van der Waals surface area contributed by atoms with Gasteiger partial charge in [0.25, 0.3) is 10.1 Å². The predicted molar refractivity (Wildman–Crippen MR) is 129 cm³/mol. The third kappa shape index (κ3) is 10.8. The van der Waals surface area contributed by atoms with Crippen molar-refractivity contribution in [3.8, 4) is 0 Å². The van der Waals surface area contributed by atoms with Crippen LogP contribution in [0.15, 0.2) is 29.2 Å². The molecule has 1 aromatic carbocycles. The molecule has 0 aliphatic carbocycles. The Labute approximate surface area is 196 Å². The summed E-state index contributed by atoms with van der Waals surface area (Å²) in [5.41, 5.74) is 0.993. The first-order valence-electron chi connectivity index (χ1n) is 12.7. The number of aliphatic hydroxyl groups excluding tert-OH is 1. The van der Waals surface area contributed by atoms with Gasteiger partial charge in [0, 0.05) is 6.42 Å². The number of unbranched alkanes of at least 4 members (excludes halogenated alkanes) is 10. The van der Waals surface area contributed by atoms with Crippen LogP contribution in [0.5, 0.6) is 0 Å². The summed E-state index contributed by atoms with van der Waals surface area (Å²) in [4.78, 5) is 0.150. The maximum Gasteiger partial charge on any atom is 0.297 e. The molecule has 0 aromatic heterocycles. The average molecular weight is 469 g/mol. The Morgan fingerprint density at radius 2 is 1.41 bits per heavy atom. The summed E-state index contributed by atoms with van der Waals surface area (Å²) in [5, 5.41) is 10.2. The van der Waals surface area contributed by atoms with Gasteiger partial charge in [-0.3, -0.25) is 4.18 Å². The first-order chi connectivity index (χ1) is 15.4. The van der Waals surface area contributed by atoms with Gasteiger partial charge in [-0.15, -0.1) is 0 Å². The Kier molecular flexibility index (Phi) is 12.8. The molecule has 6 heteroatoms. The fourth-order valence-corrected chi connectivity index (χ4v) is 5.29. The van der Waals surface area contributed by atoms with Crippen molar-refractivity contribution in [1.82, 2.24) is 0 Å². The minimum Gasteiger partial charge on any atom is -0.393 e. The summed E-state index contributed by atoms with van der Waals surface area (Å²) in [6.45, 7) is 4.11. The number of ether oxygens (including phenoxy) is 1. The Hall–Kier alpha value is -0.950. The quantitative estimate of drug-likeness (QED) is 0.227. The van der Waals surface area contributed by atoms with Crippen molar-refractivity contribution >= 4 is 10.1 Å². The van der Waals surface area contributed by atoms with Crippen molar-refractivity contribution in [3.05, 3.63) is 29.8 Å². The van der Waals surface area contributed by atoms with Gasteiger partial charge in [-0.25, -0.2) is 0 Å². The van der Waals surface area contributed by atoms with Gasteiger partial charge < -0.3 is 9.84 Å². The van der Waals surface area contributed by atoms with E-state index in [4.69, 9.17) is 8.92 Å². The molecule has 0 saturated carbocycles. The van der Waals surface area contributed by atoms with Gasteiger partial charge in [-0.1, -0.05) is 95.2 Å². The lowest BCUT2D eigenvalue weighted by atomic mass is 9.97. The molecule has 1 aliphatic rings. The molecule has 2 rings (SSSR count). The third-order valence-corrected chi connectivity index (χ3v) is 7.60. The van der Waals surface area contributed by atoms with E-state index in [1.165, 1.54) is 64.2 Å². The Morgan fingerprint density at radius 3 is 2.00 bits per heavy atom. The molecule has 0 spiro atoms. The molecule has 0 amide bonds. The van der Waals surface area contributed by atoms with E-state index in [9.17, 15) is 13.5 Å². The monoisotopic (exact) mass is 468 g/mol. The summed E-state index contributed by atoms with van der Waals surface area (Å²) in [5.74, 6) is 0. The second kappa shape index (κ2) is 15.0. The molecule has 1 fully saturated rings. The van der Waals surface area contributed by atoms with Crippen molar-refractivity contribution in [1.29, 1.82) is 0 Å². The van der Waals surface area contributed by atoms with Crippen LogP contribution < -0.4 is 0 Å². The smallest absolute Gasteiger partial charge is 0.297 e. The van der Waals surface area contributed by atoms with E-state index in [-0.39, 0.29) is 17.6 Å². The lowest BCUT2D eigenvalue weighted by molar-refractivity contribution is -0.110. The van der Waals surface area contributed by atoms with Crippen LogP contribution in [-0.2, 0) is 19.0 Å². The van der Waals surface area contributed by atoms with E-state index in [0.29, 0.717) is 12.8 Å². The second-order valence-electron chi connectivity index (χ2n) is 9.38. The van der Waals surface area contributed by atoms with Gasteiger partial charge in [0.2, 0.25) is 0 Å². The highest BCUT2D eigenvalue weighted by Gasteiger charge is 2.29. The summed E-state index contributed by atoms with van der Waals surface area (Å²) >= 11 is 0. The van der Waals surface area contributed by atoms with E-state index >= 15 is 0 Å². The molecular formula is C26H44O5S. The van der Waals surface area contributed by atoms with Crippen LogP contribution in [0, 0.1) is 6.92 Å². The normalized spacial score (nSPS) is 21.7. The number of aliphatic hydroxyl groups is 1. The average Bonchev–Trinajstić information content (AvgIpc) is 2.76. The zero-order valence-corrected chi connectivity index (χ0v) is 21.0. The topological polar surface area (TPSA) is 72.8 Å². The van der Waals surface area contributed by atoms with Gasteiger partial charge in [0.05, 0.1) is 29.8 Å². The van der Waals surface area contributed by atoms with E-state index in [1.807, 2.05) is 6.92 Å². The molecule has 0 bridgehead atoms. The summed E-state index contributed by atoms with van der Waals surface area (Å²) in [6, 6.07) is 6.61. The molecule has 3 atom stereocenters. The highest BCUT2D eigenvalue weighted by Crippen LogP contribution is 2.25. The molecule has 0 unspecified atom stereocenters. The van der Waals surface area contributed by atoms with Crippen molar-refractivity contribution in [3.63, 3.8) is 0 Å². The second-order valence-corrected chi connectivity index (χ2v) is 11.0. The molecule has 1 aromatic rings. The van der Waals surface area contributed by atoms with Crippen molar-refractivity contribution in [2.24, 2.45) is 0 Å². The van der Waals surface area contributed by atoms with Crippen LogP contribution in [-0.4, -0.2) is 38.4 Å². The lowest BCUT2D eigenvalue weighted by Gasteiger charge is -2.33. The first-order valence-corrected chi connectivity index (χ1v) is 14.1. The van der Waals surface area contributed by atoms with E-state index < -0.39 is 22.3 Å².